The SMILES string of the molecule is Cc1cc(OCC2CCC(COc3ccc(N)c(C)c3)CC2)ccc1N. The average Bonchev–Trinajstić information content (AvgIpc) is 2.64. The Morgan fingerprint density at radius 3 is 1.46 bits per heavy atom. The summed E-state index contributed by atoms with van der Waals surface area (Å²) in [5, 5.41) is 0. The van der Waals surface area contributed by atoms with Crippen molar-refractivity contribution in [1.29, 1.82) is 0 Å². The fourth-order valence-electron chi connectivity index (χ4n) is 3.47. The van der Waals surface area contributed by atoms with E-state index in [1.54, 1.807) is 0 Å². The summed E-state index contributed by atoms with van der Waals surface area (Å²) in [5.74, 6) is 3.09. The fraction of sp³-hybridized carbons (Fsp3) is 0.455. The Kier molecular flexibility index (Phi) is 5.92. The molecule has 0 aliphatic heterocycles. The fourth-order valence-corrected chi connectivity index (χ4v) is 3.47. The van der Waals surface area contributed by atoms with Crippen LogP contribution in [0.5, 0.6) is 11.5 Å². The van der Waals surface area contributed by atoms with E-state index in [0.29, 0.717) is 11.8 Å². The number of hydrogen-bond donors (Lipinski definition) is 2. The van der Waals surface area contributed by atoms with E-state index in [2.05, 4.69) is 0 Å². The maximum atomic E-state index is 5.97. The molecule has 0 unspecified atom stereocenters. The van der Waals surface area contributed by atoms with E-state index in [1.807, 2.05) is 50.2 Å². The quantitative estimate of drug-likeness (QED) is 0.736. The molecule has 0 heterocycles. The van der Waals surface area contributed by atoms with E-state index in [0.717, 1.165) is 47.2 Å². The van der Waals surface area contributed by atoms with Gasteiger partial charge < -0.3 is 20.9 Å². The molecular formula is C22H30N2O2. The normalized spacial score (nSPS) is 19.9. The van der Waals surface area contributed by atoms with Crippen LogP contribution in [-0.2, 0) is 0 Å². The summed E-state index contributed by atoms with van der Waals surface area (Å²) < 4.78 is 11.9. The number of ether oxygens (including phenoxy) is 2. The standard InChI is InChI=1S/C22H30N2O2/c1-15-11-19(7-9-21(15)23)25-13-17-3-5-18(6-4-17)14-26-20-8-10-22(24)16(2)12-20/h7-12,17-18H,3-6,13-14,23-24H2,1-2H3. The van der Waals surface area contributed by atoms with E-state index in [4.69, 9.17) is 20.9 Å². The van der Waals surface area contributed by atoms with E-state index in [9.17, 15) is 0 Å². The van der Waals surface area contributed by atoms with Crippen LogP contribution in [-0.4, -0.2) is 13.2 Å². The molecule has 0 saturated heterocycles. The lowest BCUT2D eigenvalue weighted by Crippen LogP contribution is -2.23. The number of aryl methyl sites for hydroxylation is 2. The summed E-state index contributed by atoms with van der Waals surface area (Å²) >= 11 is 0. The zero-order valence-electron chi connectivity index (χ0n) is 15.8. The van der Waals surface area contributed by atoms with Gasteiger partial charge in [-0.05, 0) is 98.9 Å². The van der Waals surface area contributed by atoms with Gasteiger partial charge in [-0.15, -0.1) is 0 Å². The average molecular weight is 354 g/mol. The van der Waals surface area contributed by atoms with Crippen molar-refractivity contribution >= 4 is 11.4 Å². The molecule has 1 saturated carbocycles. The molecule has 4 heteroatoms. The first kappa shape index (κ1) is 18.4. The highest BCUT2D eigenvalue weighted by Crippen LogP contribution is 2.30. The molecule has 0 atom stereocenters. The second kappa shape index (κ2) is 8.35. The van der Waals surface area contributed by atoms with Crippen LogP contribution in [0.1, 0.15) is 36.8 Å². The van der Waals surface area contributed by atoms with Gasteiger partial charge in [-0.1, -0.05) is 0 Å². The van der Waals surface area contributed by atoms with Crippen molar-refractivity contribution in [2.75, 3.05) is 24.7 Å². The third-order valence-corrected chi connectivity index (χ3v) is 5.42. The van der Waals surface area contributed by atoms with Crippen LogP contribution in [0.3, 0.4) is 0 Å². The van der Waals surface area contributed by atoms with Crippen molar-refractivity contribution in [3.63, 3.8) is 0 Å². The van der Waals surface area contributed by atoms with Crippen LogP contribution in [0, 0.1) is 25.7 Å². The number of rotatable bonds is 6. The van der Waals surface area contributed by atoms with Gasteiger partial charge in [0.05, 0.1) is 13.2 Å². The Labute approximate surface area is 156 Å². The smallest absolute Gasteiger partial charge is 0.119 e. The van der Waals surface area contributed by atoms with Gasteiger partial charge in [0.25, 0.3) is 0 Å². The molecule has 0 bridgehead atoms. The number of benzene rings is 2. The summed E-state index contributed by atoms with van der Waals surface area (Å²) in [4.78, 5) is 0. The Bertz CT molecular complexity index is 673. The molecule has 0 radical (unpaired) electrons. The first-order valence-corrected chi connectivity index (χ1v) is 9.49. The van der Waals surface area contributed by atoms with Crippen LogP contribution < -0.4 is 20.9 Å². The number of nitrogen functional groups attached to an aromatic ring is 2. The van der Waals surface area contributed by atoms with Crippen molar-refractivity contribution in [3.8, 4) is 11.5 Å². The third kappa shape index (κ3) is 4.84. The third-order valence-electron chi connectivity index (χ3n) is 5.42. The number of anilines is 2. The van der Waals surface area contributed by atoms with Crippen LogP contribution in [0.4, 0.5) is 11.4 Å². The molecule has 0 amide bonds. The second-order valence-corrected chi connectivity index (χ2v) is 7.55. The highest BCUT2D eigenvalue weighted by molar-refractivity contribution is 5.50. The molecule has 2 aromatic carbocycles. The predicted molar refractivity (Wildman–Crippen MR) is 108 cm³/mol. The van der Waals surface area contributed by atoms with Gasteiger partial charge >= 0.3 is 0 Å². The van der Waals surface area contributed by atoms with Crippen molar-refractivity contribution in [2.45, 2.75) is 39.5 Å². The van der Waals surface area contributed by atoms with E-state index >= 15 is 0 Å². The zero-order chi connectivity index (χ0) is 18.5. The summed E-state index contributed by atoms with van der Waals surface area (Å²) in [6, 6.07) is 11.8. The van der Waals surface area contributed by atoms with Gasteiger partial charge in [-0.2, -0.15) is 0 Å². The molecule has 0 spiro atoms. The minimum Gasteiger partial charge on any atom is -0.493 e. The van der Waals surface area contributed by atoms with Crippen LogP contribution in [0.25, 0.3) is 0 Å². The zero-order valence-corrected chi connectivity index (χ0v) is 15.8. The Morgan fingerprint density at radius 1 is 0.731 bits per heavy atom. The predicted octanol–water partition coefficient (Wildman–Crippen LogP) is 4.73. The molecule has 1 aliphatic rings. The summed E-state index contributed by atoms with van der Waals surface area (Å²) in [6.45, 7) is 5.59. The van der Waals surface area contributed by atoms with Crippen molar-refractivity contribution < 1.29 is 9.47 Å². The van der Waals surface area contributed by atoms with Crippen LogP contribution in [0.15, 0.2) is 36.4 Å². The molecule has 4 nitrogen and oxygen atoms in total. The highest BCUT2D eigenvalue weighted by Gasteiger charge is 2.22. The van der Waals surface area contributed by atoms with Gasteiger partial charge in [0.15, 0.2) is 0 Å². The lowest BCUT2D eigenvalue weighted by atomic mass is 9.83. The molecule has 2 aromatic rings. The van der Waals surface area contributed by atoms with Crippen LogP contribution in [0.2, 0.25) is 0 Å². The minimum atomic E-state index is 0.628. The number of nitrogens with two attached hydrogens (primary N) is 2. The molecule has 26 heavy (non-hydrogen) atoms. The molecule has 1 fully saturated rings. The molecule has 1 aliphatic carbocycles. The number of hydrogen-bond acceptors (Lipinski definition) is 4. The van der Waals surface area contributed by atoms with Gasteiger partial charge in [-0.3, -0.25) is 0 Å². The van der Waals surface area contributed by atoms with Gasteiger partial charge in [0, 0.05) is 11.4 Å². The minimum absolute atomic E-state index is 0.628. The summed E-state index contributed by atoms with van der Waals surface area (Å²) in [5.41, 5.74) is 15.5. The topological polar surface area (TPSA) is 70.5 Å². The van der Waals surface area contributed by atoms with Crippen molar-refractivity contribution in [2.24, 2.45) is 11.8 Å². The Balaban J connectivity index is 1.39. The van der Waals surface area contributed by atoms with Gasteiger partial charge in [0.2, 0.25) is 0 Å². The lowest BCUT2D eigenvalue weighted by Gasteiger charge is -2.28. The first-order valence-electron chi connectivity index (χ1n) is 9.49. The van der Waals surface area contributed by atoms with E-state index in [-0.39, 0.29) is 0 Å². The molecule has 4 N–H and O–H groups in total. The molecule has 0 aromatic heterocycles. The molecule has 140 valence electrons. The van der Waals surface area contributed by atoms with Gasteiger partial charge in [-0.25, -0.2) is 0 Å². The first-order chi connectivity index (χ1) is 12.5. The summed E-state index contributed by atoms with van der Waals surface area (Å²) in [7, 11) is 0. The monoisotopic (exact) mass is 354 g/mol. The van der Waals surface area contributed by atoms with Crippen LogP contribution >= 0.6 is 0 Å². The van der Waals surface area contributed by atoms with Gasteiger partial charge in [0.1, 0.15) is 11.5 Å². The maximum absolute atomic E-state index is 5.97. The largest absolute Gasteiger partial charge is 0.493 e. The molecule has 3 rings (SSSR count). The Morgan fingerprint density at radius 2 is 1.12 bits per heavy atom. The highest BCUT2D eigenvalue weighted by atomic mass is 16.5. The van der Waals surface area contributed by atoms with Crippen molar-refractivity contribution in [1.82, 2.24) is 0 Å². The second-order valence-electron chi connectivity index (χ2n) is 7.55. The van der Waals surface area contributed by atoms with E-state index < -0.39 is 0 Å². The summed E-state index contributed by atoms with van der Waals surface area (Å²) in [6.07, 6.45) is 4.79. The lowest BCUT2D eigenvalue weighted by molar-refractivity contribution is 0.148. The van der Waals surface area contributed by atoms with Crippen molar-refractivity contribution in [3.05, 3.63) is 47.5 Å². The Hall–Kier alpha value is -2.36. The van der Waals surface area contributed by atoms with E-state index in [1.165, 1.54) is 25.7 Å². The molecular weight excluding hydrogens is 324 g/mol. The maximum Gasteiger partial charge on any atom is 0.119 e.